The van der Waals surface area contributed by atoms with Gasteiger partial charge in [-0.3, -0.25) is 19.1 Å². The molecule has 0 radical (unpaired) electrons. The fourth-order valence-electron chi connectivity index (χ4n) is 2.93. The number of anilines is 1. The molecule has 1 amide bonds. The molecule has 0 fully saturated rings. The van der Waals surface area contributed by atoms with Crippen molar-refractivity contribution in [2.45, 2.75) is 11.5 Å². The molecule has 0 saturated carbocycles. The highest BCUT2D eigenvalue weighted by atomic mass is 32.2. The minimum atomic E-state index is -1.03. The smallest absolute Gasteiger partial charge is 0.269 e. The molecule has 136 valence electrons. The summed E-state index contributed by atoms with van der Waals surface area (Å²) in [4.78, 5) is 22.9. The molecule has 0 saturated heterocycles. The predicted molar refractivity (Wildman–Crippen MR) is 100 cm³/mol. The number of nitrogens with zero attached hydrogens (tertiary/aromatic N) is 3. The van der Waals surface area contributed by atoms with Crippen LogP contribution in [-0.2, 0) is 22.3 Å². The van der Waals surface area contributed by atoms with E-state index < -0.39 is 21.6 Å². The molecule has 1 aliphatic rings. The molecule has 0 spiro atoms. The summed E-state index contributed by atoms with van der Waals surface area (Å²) >= 11 is 0. The second kappa shape index (κ2) is 6.76. The van der Waals surface area contributed by atoms with E-state index in [1.54, 1.807) is 4.68 Å². The third-order valence-corrected chi connectivity index (χ3v) is 5.45. The first-order chi connectivity index (χ1) is 13.0. The molecule has 1 aromatic heterocycles. The molecular formula is C18H14N4O4S. The Kier molecular flexibility index (Phi) is 4.28. The van der Waals surface area contributed by atoms with Gasteiger partial charge in [0.1, 0.15) is 5.82 Å². The molecular weight excluding hydrogens is 368 g/mol. The van der Waals surface area contributed by atoms with E-state index in [0.29, 0.717) is 23.0 Å². The van der Waals surface area contributed by atoms with Crippen LogP contribution in [0.15, 0.2) is 54.6 Å². The van der Waals surface area contributed by atoms with Crippen molar-refractivity contribution < 1.29 is 13.9 Å². The van der Waals surface area contributed by atoms with Gasteiger partial charge in [-0.05, 0) is 24.3 Å². The van der Waals surface area contributed by atoms with Crippen molar-refractivity contribution in [3.05, 3.63) is 81.5 Å². The second-order valence-electron chi connectivity index (χ2n) is 6.01. The molecule has 0 unspecified atom stereocenters. The summed E-state index contributed by atoms with van der Waals surface area (Å²) in [6, 6.07) is 14.7. The van der Waals surface area contributed by atoms with Crippen molar-refractivity contribution in [3.63, 3.8) is 0 Å². The van der Waals surface area contributed by atoms with Gasteiger partial charge in [-0.2, -0.15) is 5.10 Å². The largest absolute Gasteiger partial charge is 0.306 e. The number of amides is 1. The lowest BCUT2D eigenvalue weighted by Gasteiger charge is -2.11. The van der Waals surface area contributed by atoms with Crippen LogP contribution in [0.25, 0.3) is 5.69 Å². The Hall–Kier alpha value is -3.33. The summed E-state index contributed by atoms with van der Waals surface area (Å²) in [6.07, 6.45) is 0. The highest BCUT2D eigenvalue weighted by molar-refractivity contribution is 7.83. The van der Waals surface area contributed by atoms with Crippen LogP contribution in [-0.4, -0.2) is 24.8 Å². The van der Waals surface area contributed by atoms with Gasteiger partial charge in [-0.25, -0.2) is 4.68 Å². The summed E-state index contributed by atoms with van der Waals surface area (Å²) in [7, 11) is -1.03. The van der Waals surface area contributed by atoms with Crippen LogP contribution in [0.4, 0.5) is 11.5 Å². The van der Waals surface area contributed by atoms with E-state index in [1.165, 1.54) is 24.3 Å². The minimum Gasteiger partial charge on any atom is -0.306 e. The topological polar surface area (TPSA) is 107 Å². The SMILES string of the molecule is O=C(Nc1c2c(nn1-c1ccccc1)C[S@](=O)C2)c1ccc([N+](=O)[O-])cc1. The Balaban J connectivity index is 1.69. The first kappa shape index (κ1) is 17.1. The lowest BCUT2D eigenvalue weighted by atomic mass is 10.2. The summed E-state index contributed by atoms with van der Waals surface area (Å²) < 4.78 is 13.5. The van der Waals surface area contributed by atoms with Crippen LogP contribution in [0.5, 0.6) is 0 Å². The zero-order valence-corrected chi connectivity index (χ0v) is 14.8. The summed E-state index contributed by atoms with van der Waals surface area (Å²) in [5.74, 6) is 0.751. The predicted octanol–water partition coefficient (Wildman–Crippen LogP) is 2.80. The van der Waals surface area contributed by atoms with E-state index in [4.69, 9.17) is 0 Å². The van der Waals surface area contributed by atoms with E-state index in [0.717, 1.165) is 11.3 Å². The number of nitro groups is 1. The Morgan fingerprint density at radius 2 is 1.81 bits per heavy atom. The molecule has 2 heterocycles. The van der Waals surface area contributed by atoms with Crippen molar-refractivity contribution in [3.8, 4) is 5.69 Å². The first-order valence-electron chi connectivity index (χ1n) is 8.10. The summed E-state index contributed by atoms with van der Waals surface area (Å²) in [6.45, 7) is 0. The number of non-ortho nitro benzene ring substituents is 1. The number of carbonyl (C=O) groups is 1. The zero-order chi connectivity index (χ0) is 19.0. The number of nitrogens with one attached hydrogen (secondary N) is 1. The van der Waals surface area contributed by atoms with Crippen molar-refractivity contribution in [1.29, 1.82) is 0 Å². The molecule has 9 heteroatoms. The average molecular weight is 382 g/mol. The quantitative estimate of drug-likeness (QED) is 0.551. The van der Waals surface area contributed by atoms with Crippen LogP contribution in [0.2, 0.25) is 0 Å². The zero-order valence-electron chi connectivity index (χ0n) is 14.0. The van der Waals surface area contributed by atoms with Gasteiger partial charge in [0.05, 0.1) is 27.8 Å². The molecule has 3 aromatic rings. The maximum atomic E-state index is 12.7. The fourth-order valence-corrected chi connectivity index (χ4v) is 4.19. The molecule has 1 atom stereocenters. The molecule has 1 aliphatic heterocycles. The molecule has 0 aliphatic carbocycles. The monoisotopic (exact) mass is 382 g/mol. The first-order valence-corrected chi connectivity index (χ1v) is 9.58. The van der Waals surface area contributed by atoms with E-state index in [9.17, 15) is 19.1 Å². The van der Waals surface area contributed by atoms with Crippen molar-refractivity contribution >= 4 is 28.2 Å². The standard InChI is InChI=1S/C18H14N4O4S/c23-18(12-6-8-14(9-7-12)22(24)25)19-17-15-10-27(26)11-16(15)20-21(17)13-4-2-1-3-5-13/h1-9H,10-11H2,(H,19,23)/t27-/m1/s1. The Bertz CT molecular complexity index is 1060. The number of para-hydroxylation sites is 1. The molecule has 2 aromatic carbocycles. The minimum absolute atomic E-state index is 0.0860. The lowest BCUT2D eigenvalue weighted by molar-refractivity contribution is -0.384. The fraction of sp³-hybridized carbons (Fsp3) is 0.111. The number of carbonyl (C=O) groups excluding carboxylic acids is 1. The Morgan fingerprint density at radius 1 is 1.11 bits per heavy atom. The van der Waals surface area contributed by atoms with E-state index >= 15 is 0 Å². The van der Waals surface area contributed by atoms with Crippen LogP contribution in [0, 0.1) is 10.1 Å². The van der Waals surface area contributed by atoms with Gasteiger partial charge in [0, 0.05) is 34.1 Å². The third-order valence-electron chi connectivity index (χ3n) is 4.24. The van der Waals surface area contributed by atoms with Gasteiger partial charge in [0.25, 0.3) is 11.6 Å². The van der Waals surface area contributed by atoms with Gasteiger partial charge >= 0.3 is 0 Å². The van der Waals surface area contributed by atoms with Gasteiger partial charge in [-0.1, -0.05) is 18.2 Å². The normalized spacial score (nSPS) is 15.3. The van der Waals surface area contributed by atoms with Gasteiger partial charge in [0.15, 0.2) is 0 Å². The number of hydrogen-bond donors (Lipinski definition) is 1. The number of nitro benzene ring substituents is 1. The highest BCUT2D eigenvalue weighted by Gasteiger charge is 2.28. The molecule has 4 rings (SSSR count). The number of hydrogen-bond acceptors (Lipinski definition) is 5. The molecule has 27 heavy (non-hydrogen) atoms. The van der Waals surface area contributed by atoms with Crippen molar-refractivity contribution in [2.75, 3.05) is 5.32 Å². The highest BCUT2D eigenvalue weighted by Crippen LogP contribution is 2.31. The Morgan fingerprint density at radius 3 is 2.48 bits per heavy atom. The van der Waals surface area contributed by atoms with Gasteiger partial charge < -0.3 is 5.32 Å². The van der Waals surface area contributed by atoms with Crippen molar-refractivity contribution in [1.82, 2.24) is 9.78 Å². The number of aromatic nitrogens is 2. The Labute approximate surface area is 156 Å². The molecule has 8 nitrogen and oxygen atoms in total. The van der Waals surface area contributed by atoms with Crippen LogP contribution in [0.3, 0.4) is 0 Å². The molecule has 0 bridgehead atoms. The number of rotatable bonds is 4. The van der Waals surface area contributed by atoms with E-state index in [-0.39, 0.29) is 11.3 Å². The van der Waals surface area contributed by atoms with Crippen LogP contribution >= 0.6 is 0 Å². The maximum absolute atomic E-state index is 12.7. The number of fused-ring (bicyclic) bond motifs is 1. The summed E-state index contributed by atoms with van der Waals surface area (Å²) in [5, 5.41) is 18.1. The summed E-state index contributed by atoms with van der Waals surface area (Å²) in [5.41, 5.74) is 2.44. The average Bonchev–Trinajstić information content (AvgIpc) is 3.19. The molecule has 1 N–H and O–H groups in total. The van der Waals surface area contributed by atoms with Gasteiger partial charge in [-0.15, -0.1) is 0 Å². The third kappa shape index (κ3) is 3.24. The maximum Gasteiger partial charge on any atom is 0.269 e. The second-order valence-corrected chi connectivity index (χ2v) is 7.46. The lowest BCUT2D eigenvalue weighted by Crippen LogP contribution is -2.16. The van der Waals surface area contributed by atoms with Gasteiger partial charge in [0.2, 0.25) is 0 Å². The van der Waals surface area contributed by atoms with E-state index in [1.807, 2.05) is 30.3 Å². The van der Waals surface area contributed by atoms with Crippen LogP contribution in [0.1, 0.15) is 21.6 Å². The number of benzene rings is 2. The van der Waals surface area contributed by atoms with E-state index in [2.05, 4.69) is 10.4 Å². The van der Waals surface area contributed by atoms with Crippen molar-refractivity contribution in [2.24, 2.45) is 0 Å². The van der Waals surface area contributed by atoms with Crippen LogP contribution < -0.4 is 5.32 Å².